The Kier molecular flexibility index (Phi) is 2.92. The largest absolute Gasteiger partial charge is 0.407 e. The maximum atomic E-state index is 5.84. The molecule has 0 aliphatic carbocycles. The Morgan fingerprint density at radius 1 is 1.33 bits per heavy atom. The van der Waals surface area contributed by atoms with Crippen LogP contribution in [0.15, 0.2) is 36.5 Å². The van der Waals surface area contributed by atoms with Gasteiger partial charge in [0.25, 0.3) is 0 Å². The van der Waals surface area contributed by atoms with Crippen LogP contribution in [0.1, 0.15) is 11.3 Å². The topological polar surface area (TPSA) is 27.1 Å². The Balaban J connectivity index is 2.02. The minimum Gasteiger partial charge on any atom is -0.407 e. The Bertz CT molecular complexity index is 439. The van der Waals surface area contributed by atoms with Crippen molar-refractivity contribution < 1.29 is 4.84 Å². The number of hydrogen-bond acceptors (Lipinski definition) is 2. The zero-order chi connectivity index (χ0) is 10.7. The average molecular weight is 223 g/mol. The average Bonchev–Trinajstić information content (AvgIpc) is 2.56. The highest BCUT2D eigenvalue weighted by Crippen LogP contribution is 2.07. The molecule has 2 aromatic rings. The van der Waals surface area contributed by atoms with Gasteiger partial charge in [-0.15, -0.1) is 0 Å². The quantitative estimate of drug-likeness (QED) is 0.798. The number of aromatic nitrogens is 2. The summed E-state index contributed by atoms with van der Waals surface area (Å²) in [5.74, 6) is 0. The van der Waals surface area contributed by atoms with E-state index in [2.05, 4.69) is 4.98 Å². The first-order valence-electron chi connectivity index (χ1n) is 4.64. The van der Waals surface area contributed by atoms with Gasteiger partial charge in [-0.25, -0.2) is 4.98 Å². The zero-order valence-corrected chi connectivity index (χ0v) is 9.11. The van der Waals surface area contributed by atoms with Crippen molar-refractivity contribution in [2.45, 2.75) is 13.5 Å². The van der Waals surface area contributed by atoms with Crippen molar-refractivity contribution in [2.24, 2.45) is 0 Å². The normalized spacial score (nSPS) is 10.3. The summed E-state index contributed by atoms with van der Waals surface area (Å²) in [6, 6.07) is 9.91. The number of nitrogens with zero attached hydrogens (tertiary/aromatic N) is 2. The van der Waals surface area contributed by atoms with E-state index in [0.717, 1.165) is 11.3 Å². The molecule has 0 radical (unpaired) electrons. The number of rotatable bonds is 3. The Morgan fingerprint density at radius 2 is 2.07 bits per heavy atom. The third kappa shape index (κ3) is 2.50. The second-order valence-electron chi connectivity index (χ2n) is 3.24. The van der Waals surface area contributed by atoms with Crippen LogP contribution in [0.2, 0.25) is 5.28 Å². The standard InChI is InChI=1S/C11H11ClN2O/c1-9-7-14(11(12)13-9)15-8-10-5-3-2-4-6-10/h2-7H,8H2,1H3. The maximum absolute atomic E-state index is 5.84. The van der Waals surface area contributed by atoms with E-state index in [1.165, 1.54) is 4.73 Å². The summed E-state index contributed by atoms with van der Waals surface area (Å²) in [5.41, 5.74) is 1.94. The molecule has 4 heteroatoms. The molecule has 0 unspecified atom stereocenters. The lowest BCUT2D eigenvalue weighted by atomic mass is 10.2. The second kappa shape index (κ2) is 4.36. The van der Waals surface area contributed by atoms with E-state index < -0.39 is 0 Å². The zero-order valence-electron chi connectivity index (χ0n) is 8.35. The first-order chi connectivity index (χ1) is 7.25. The molecule has 1 heterocycles. The van der Waals surface area contributed by atoms with Gasteiger partial charge >= 0.3 is 0 Å². The van der Waals surface area contributed by atoms with E-state index in [1.54, 1.807) is 6.20 Å². The van der Waals surface area contributed by atoms with Gasteiger partial charge in [0.2, 0.25) is 5.28 Å². The molecule has 0 aliphatic heterocycles. The summed E-state index contributed by atoms with van der Waals surface area (Å²) >= 11 is 5.84. The number of imidazole rings is 1. The monoisotopic (exact) mass is 222 g/mol. The third-order valence-corrected chi connectivity index (χ3v) is 2.22. The summed E-state index contributed by atoms with van der Waals surface area (Å²) in [6.45, 7) is 2.35. The highest BCUT2D eigenvalue weighted by molar-refractivity contribution is 6.28. The lowest BCUT2D eigenvalue weighted by Crippen LogP contribution is -2.09. The Hall–Kier alpha value is -1.48. The van der Waals surface area contributed by atoms with E-state index in [0.29, 0.717) is 11.9 Å². The van der Waals surface area contributed by atoms with Crippen molar-refractivity contribution in [1.82, 2.24) is 9.71 Å². The van der Waals surface area contributed by atoms with E-state index >= 15 is 0 Å². The molecule has 0 amide bonds. The van der Waals surface area contributed by atoms with Crippen LogP contribution in [-0.2, 0) is 6.61 Å². The number of aryl methyl sites for hydroxylation is 1. The molecule has 0 N–H and O–H groups in total. The van der Waals surface area contributed by atoms with Crippen molar-refractivity contribution in [3.63, 3.8) is 0 Å². The molecule has 3 nitrogen and oxygen atoms in total. The van der Waals surface area contributed by atoms with E-state index in [9.17, 15) is 0 Å². The SMILES string of the molecule is Cc1cn(OCc2ccccc2)c(Cl)n1. The fourth-order valence-electron chi connectivity index (χ4n) is 1.26. The van der Waals surface area contributed by atoms with Gasteiger partial charge in [-0.2, -0.15) is 4.73 Å². The highest BCUT2D eigenvalue weighted by atomic mass is 35.5. The lowest BCUT2D eigenvalue weighted by molar-refractivity contribution is 0.0974. The minimum absolute atomic E-state index is 0.350. The van der Waals surface area contributed by atoms with Crippen molar-refractivity contribution in [3.8, 4) is 0 Å². The summed E-state index contributed by atoms with van der Waals surface area (Å²) in [5, 5.41) is 0.350. The van der Waals surface area contributed by atoms with Crippen LogP contribution < -0.4 is 4.84 Å². The first kappa shape index (κ1) is 10.1. The van der Waals surface area contributed by atoms with Gasteiger partial charge < -0.3 is 4.84 Å². The molecule has 78 valence electrons. The molecule has 1 aromatic heterocycles. The number of hydrogen-bond donors (Lipinski definition) is 0. The van der Waals surface area contributed by atoms with E-state index in [1.807, 2.05) is 37.3 Å². The molecular formula is C11H11ClN2O. The summed E-state index contributed by atoms with van der Waals surface area (Å²) in [6.07, 6.45) is 1.76. The Labute approximate surface area is 93.2 Å². The fourth-order valence-corrected chi connectivity index (χ4v) is 1.49. The van der Waals surface area contributed by atoms with Crippen LogP contribution in [0.4, 0.5) is 0 Å². The van der Waals surface area contributed by atoms with Crippen molar-refractivity contribution >= 4 is 11.6 Å². The molecule has 0 saturated carbocycles. The molecule has 0 saturated heterocycles. The van der Waals surface area contributed by atoms with Crippen LogP contribution in [0, 0.1) is 6.92 Å². The van der Waals surface area contributed by atoms with Crippen LogP contribution in [0.25, 0.3) is 0 Å². The van der Waals surface area contributed by atoms with Gasteiger partial charge in [0.1, 0.15) is 6.61 Å². The van der Waals surface area contributed by atoms with Crippen molar-refractivity contribution in [1.29, 1.82) is 0 Å². The second-order valence-corrected chi connectivity index (χ2v) is 3.57. The van der Waals surface area contributed by atoms with Crippen LogP contribution >= 0.6 is 11.6 Å². The summed E-state index contributed by atoms with van der Waals surface area (Å²) in [4.78, 5) is 9.49. The van der Waals surface area contributed by atoms with Gasteiger partial charge in [-0.05, 0) is 24.1 Å². The minimum atomic E-state index is 0.350. The van der Waals surface area contributed by atoms with Gasteiger partial charge in [0, 0.05) is 0 Å². The van der Waals surface area contributed by atoms with Gasteiger partial charge in [-0.1, -0.05) is 30.3 Å². The van der Waals surface area contributed by atoms with Gasteiger partial charge in [0.05, 0.1) is 11.9 Å². The number of halogens is 1. The number of benzene rings is 1. The molecule has 0 fully saturated rings. The molecule has 2 rings (SSSR count). The highest BCUT2D eigenvalue weighted by Gasteiger charge is 2.02. The van der Waals surface area contributed by atoms with Crippen LogP contribution in [0.3, 0.4) is 0 Å². The van der Waals surface area contributed by atoms with Crippen molar-refractivity contribution in [3.05, 3.63) is 53.1 Å². The molecule has 15 heavy (non-hydrogen) atoms. The molecular weight excluding hydrogens is 212 g/mol. The maximum Gasteiger partial charge on any atom is 0.236 e. The van der Waals surface area contributed by atoms with Crippen molar-refractivity contribution in [2.75, 3.05) is 0 Å². The summed E-state index contributed by atoms with van der Waals surface area (Å²) < 4.78 is 1.48. The molecule has 1 aromatic carbocycles. The molecule has 0 atom stereocenters. The van der Waals surface area contributed by atoms with Crippen LogP contribution in [0.5, 0.6) is 0 Å². The Morgan fingerprint density at radius 3 is 2.67 bits per heavy atom. The molecule has 0 bridgehead atoms. The smallest absolute Gasteiger partial charge is 0.236 e. The summed E-state index contributed by atoms with van der Waals surface area (Å²) in [7, 11) is 0. The third-order valence-electron chi connectivity index (χ3n) is 1.97. The first-order valence-corrected chi connectivity index (χ1v) is 5.02. The predicted molar refractivity (Wildman–Crippen MR) is 58.7 cm³/mol. The van der Waals surface area contributed by atoms with E-state index in [4.69, 9.17) is 16.4 Å². The fraction of sp³-hybridized carbons (Fsp3) is 0.182. The lowest BCUT2D eigenvalue weighted by Gasteiger charge is -2.06. The molecule has 0 aliphatic rings. The molecule has 0 spiro atoms. The van der Waals surface area contributed by atoms with E-state index in [-0.39, 0.29) is 0 Å². The van der Waals surface area contributed by atoms with Gasteiger partial charge in [-0.3, -0.25) is 0 Å². The van der Waals surface area contributed by atoms with Gasteiger partial charge in [0.15, 0.2) is 0 Å². The van der Waals surface area contributed by atoms with Crippen LogP contribution in [-0.4, -0.2) is 9.71 Å². The predicted octanol–water partition coefficient (Wildman–Crippen LogP) is 2.47.